The fourth-order valence-corrected chi connectivity index (χ4v) is 8.38. The van der Waals surface area contributed by atoms with Gasteiger partial charge in [-0.05, 0) is 30.1 Å². The molecule has 1 fully saturated rings. The molecule has 1 aliphatic rings. The maximum atomic E-state index is 13.6. The number of hydrogen-bond donors (Lipinski definition) is 4. The van der Waals surface area contributed by atoms with E-state index in [0.717, 1.165) is 53.9 Å². The van der Waals surface area contributed by atoms with Gasteiger partial charge in [0, 0.05) is 43.0 Å². The van der Waals surface area contributed by atoms with Crippen LogP contribution in [0.3, 0.4) is 0 Å². The number of alkyl carbamates (subject to hydrolysis) is 1. The fourth-order valence-electron chi connectivity index (χ4n) is 6.77. The minimum absolute atomic E-state index is 0.0568. The van der Waals surface area contributed by atoms with Crippen LogP contribution in [0.15, 0.2) is 78.7 Å². The molecule has 0 saturated heterocycles. The Kier molecular flexibility index (Phi) is 23.8. The van der Waals surface area contributed by atoms with E-state index in [4.69, 9.17) is 38.3 Å². The molecule has 2 amide bonds. The minimum atomic E-state index is -1.63. The van der Waals surface area contributed by atoms with E-state index < -0.39 is 117 Å². The van der Waals surface area contributed by atoms with Gasteiger partial charge in [0.05, 0.1) is 35.5 Å². The molecule has 1 aliphatic carbocycles. The van der Waals surface area contributed by atoms with Crippen LogP contribution in [0, 0.1) is 21.7 Å². The second-order valence-electron chi connectivity index (χ2n) is 16.5. The van der Waals surface area contributed by atoms with Gasteiger partial charge in [-0.15, -0.1) is 12.6 Å². The summed E-state index contributed by atoms with van der Waals surface area (Å²) >= 11 is 6.07. The molecule has 368 valence electrons. The normalized spacial score (nSPS) is 16.4. The number of nitrogens with one attached hydrogen (secondary N) is 2. The zero-order valence-corrected chi connectivity index (χ0v) is 40.1. The monoisotopic (exact) mass is 995 g/mol. The number of carbonyl (C=O) groups excluding carboxylic acids is 7. The smallest absolute Gasteiger partial charge is 0.407 e. The average molecular weight is 996 g/mol. The Morgan fingerprint density at radius 3 is 1.46 bits per heavy atom. The molecule has 67 heavy (non-hydrogen) atoms. The van der Waals surface area contributed by atoms with Gasteiger partial charge in [-0.2, -0.15) is 15.0 Å². The molecule has 1 aromatic rings. The van der Waals surface area contributed by atoms with Crippen molar-refractivity contribution in [3.8, 4) is 0 Å². The summed E-state index contributed by atoms with van der Waals surface area (Å²) in [4.78, 5) is 111. The van der Waals surface area contributed by atoms with E-state index in [1.54, 1.807) is 0 Å². The Morgan fingerprint density at radius 1 is 0.657 bits per heavy atom. The number of esters is 5. The molecule has 3 N–H and O–H groups in total. The van der Waals surface area contributed by atoms with Gasteiger partial charge in [0.25, 0.3) is 0 Å². The van der Waals surface area contributed by atoms with Crippen molar-refractivity contribution in [1.29, 1.82) is 0 Å². The van der Waals surface area contributed by atoms with E-state index in [1.165, 1.54) is 0 Å². The number of amides is 2. The van der Waals surface area contributed by atoms with Crippen molar-refractivity contribution in [3.63, 3.8) is 0 Å². The minimum Gasteiger partial charge on any atom is -0.481 e. The fraction of sp³-hybridized carbons (Fsp3) is 0.512. The lowest BCUT2D eigenvalue weighted by molar-refractivity contribution is -0.167. The van der Waals surface area contributed by atoms with Crippen LogP contribution < -0.4 is 10.6 Å². The second kappa shape index (κ2) is 27.8. The van der Waals surface area contributed by atoms with Gasteiger partial charge in [0.15, 0.2) is 15.5 Å². The van der Waals surface area contributed by atoms with Crippen LogP contribution in [0.5, 0.6) is 0 Å². The Balaban J connectivity index is 2.29. The highest BCUT2D eigenvalue weighted by Gasteiger charge is 2.44. The molecule has 2 atom stereocenters. The number of rotatable bonds is 30. The molecule has 1 saturated carbocycles. The molecular formula is C43H57N5O16S3. The molecular weight excluding hydrogens is 939 g/mol. The second-order valence-corrected chi connectivity index (χ2v) is 18.8. The third-order valence-corrected chi connectivity index (χ3v) is 11.4. The predicted octanol–water partition coefficient (Wildman–Crippen LogP) is 3.49. The zero-order chi connectivity index (χ0) is 50.3. The number of hydrogen-bond acceptors (Lipinski definition) is 21. The number of ether oxygens (including phenoxy) is 7. The van der Waals surface area contributed by atoms with Gasteiger partial charge >= 0.3 is 41.9 Å². The van der Waals surface area contributed by atoms with E-state index in [1.807, 2.05) is 20.8 Å². The number of aliphatic carboxylic acids is 1. The molecule has 21 nitrogen and oxygen atoms in total. The molecule has 0 aromatic carbocycles. The Morgan fingerprint density at radius 2 is 1.06 bits per heavy atom. The number of thiol groups is 1. The highest BCUT2D eigenvalue weighted by Crippen LogP contribution is 2.46. The van der Waals surface area contributed by atoms with Gasteiger partial charge in [-0.3, -0.25) is 9.59 Å². The van der Waals surface area contributed by atoms with Gasteiger partial charge in [0.1, 0.15) is 39.6 Å². The van der Waals surface area contributed by atoms with Crippen LogP contribution in [0.25, 0.3) is 0 Å². The van der Waals surface area contributed by atoms with E-state index in [2.05, 4.69) is 71.1 Å². The first-order valence-electron chi connectivity index (χ1n) is 20.2. The van der Waals surface area contributed by atoms with Crippen LogP contribution in [0.1, 0.15) is 40.0 Å². The molecule has 0 spiro atoms. The van der Waals surface area contributed by atoms with E-state index in [-0.39, 0.29) is 44.8 Å². The first kappa shape index (κ1) is 57.4. The number of carbonyl (C=O) groups is 8. The largest absolute Gasteiger partial charge is 0.481 e. The van der Waals surface area contributed by atoms with Crippen LogP contribution in [-0.4, -0.2) is 145 Å². The maximum Gasteiger partial charge on any atom is 0.407 e. The number of aromatic nitrogens is 3. The zero-order valence-electron chi connectivity index (χ0n) is 37.6. The SMILES string of the molecule is C=CC(=O)OCC(COCC(COC(=O)C=C)(COC(=O)C=C)COC(=O)NC1CC(C)(C)CC(C)(CNC(=O)CSc2nc(S)nc(SCC(=O)O)n2)C1)(COC(=O)C=C)COC(=O)C=C. The number of carboxylic acid groups (broad SMARTS) is 1. The number of thioether (sulfide) groups is 2. The van der Waals surface area contributed by atoms with Crippen molar-refractivity contribution >= 4 is 84.0 Å². The summed E-state index contributed by atoms with van der Waals surface area (Å²) in [6, 6.07) is -0.452. The topological polar surface area (TPSA) is 284 Å². The number of nitrogens with zero attached hydrogens (tertiary/aromatic N) is 3. The van der Waals surface area contributed by atoms with E-state index in [0.29, 0.717) is 19.3 Å². The first-order chi connectivity index (χ1) is 31.5. The maximum absolute atomic E-state index is 13.6. The van der Waals surface area contributed by atoms with Crippen LogP contribution >= 0.6 is 36.2 Å². The summed E-state index contributed by atoms with van der Waals surface area (Å²) in [6.07, 6.45) is 5.15. The highest BCUT2D eigenvalue weighted by molar-refractivity contribution is 8.00. The molecule has 0 bridgehead atoms. The third kappa shape index (κ3) is 22.1. The van der Waals surface area contributed by atoms with Gasteiger partial charge < -0.3 is 48.9 Å². The van der Waals surface area contributed by atoms with Gasteiger partial charge in [-0.25, -0.2) is 28.8 Å². The van der Waals surface area contributed by atoms with Crippen LogP contribution in [0.4, 0.5) is 4.79 Å². The van der Waals surface area contributed by atoms with Crippen molar-refractivity contribution in [1.82, 2.24) is 25.6 Å². The van der Waals surface area contributed by atoms with Crippen molar-refractivity contribution in [2.75, 3.05) is 70.9 Å². The third-order valence-electron chi connectivity index (χ3n) is 9.48. The van der Waals surface area contributed by atoms with E-state index >= 15 is 0 Å². The molecule has 0 aliphatic heterocycles. The molecule has 2 rings (SSSR count). The van der Waals surface area contributed by atoms with Crippen LogP contribution in [-0.2, 0) is 66.7 Å². The highest BCUT2D eigenvalue weighted by atomic mass is 32.2. The lowest BCUT2D eigenvalue weighted by Gasteiger charge is -2.46. The molecule has 2 unspecified atom stereocenters. The average Bonchev–Trinajstić information content (AvgIpc) is 3.28. The molecule has 0 radical (unpaired) electrons. The summed E-state index contributed by atoms with van der Waals surface area (Å²) in [5.74, 6) is -6.05. The standard InChI is InChI=1S/C43H57N5O16S3/c1-9-31(52)59-22-42(23-60-32(53)10-2,24-61-33(54)11-3)20-58-21-43(25-62-34(55)12-4,26-63-35(56)13-5)27-64-39(57)45-28-14-40(6,7)18-41(8,15-28)19-44-29(49)16-66-37-46-36(65)47-38(48-37)67-17-30(50)51/h9-13,28H,1-5,14-27H2,6-8H3,(H,44,49)(H,45,57)(H,50,51)(H,46,47,48,65). The Hall–Kier alpha value is -5.72. The Labute approximate surface area is 402 Å². The van der Waals surface area contributed by atoms with Crippen molar-refractivity contribution < 1.29 is 76.6 Å². The van der Waals surface area contributed by atoms with Crippen molar-refractivity contribution in [2.24, 2.45) is 21.7 Å². The summed E-state index contributed by atoms with van der Waals surface area (Å²) in [5.41, 5.74) is -4.03. The predicted molar refractivity (Wildman–Crippen MR) is 245 cm³/mol. The summed E-state index contributed by atoms with van der Waals surface area (Å²) in [7, 11) is 0. The molecule has 24 heteroatoms. The van der Waals surface area contributed by atoms with Gasteiger partial charge in [-0.1, -0.05) is 77.2 Å². The number of carboxylic acids is 1. The summed E-state index contributed by atoms with van der Waals surface area (Å²) in [6.45, 7) is 18.8. The Bertz CT molecular complexity index is 1930. The van der Waals surface area contributed by atoms with Crippen LogP contribution in [0.2, 0.25) is 0 Å². The summed E-state index contributed by atoms with van der Waals surface area (Å²) < 4.78 is 38.3. The van der Waals surface area contributed by atoms with Gasteiger partial charge in [0.2, 0.25) is 5.91 Å². The lowest BCUT2D eigenvalue weighted by Crippen LogP contribution is -2.51. The quantitative estimate of drug-likeness (QED) is 0.0282. The molecule has 1 aromatic heterocycles. The van der Waals surface area contributed by atoms with Crippen molar-refractivity contribution in [3.05, 3.63) is 63.3 Å². The van der Waals surface area contributed by atoms with E-state index in [9.17, 15) is 38.4 Å². The van der Waals surface area contributed by atoms with Crippen molar-refractivity contribution in [2.45, 2.75) is 61.5 Å². The first-order valence-corrected chi connectivity index (χ1v) is 22.6. The molecule has 1 heterocycles. The lowest BCUT2D eigenvalue weighted by atomic mass is 9.62. The summed E-state index contributed by atoms with van der Waals surface area (Å²) in [5, 5.41) is 15.2.